The van der Waals surface area contributed by atoms with Crippen molar-refractivity contribution in [1.82, 2.24) is 5.32 Å². The Labute approximate surface area is 116 Å². The van der Waals surface area contributed by atoms with E-state index in [9.17, 15) is 10.1 Å². The number of rotatable bonds is 2. The first-order chi connectivity index (χ1) is 9.65. The summed E-state index contributed by atoms with van der Waals surface area (Å²) >= 11 is 0. The molecule has 0 saturated carbocycles. The van der Waals surface area contributed by atoms with E-state index in [4.69, 9.17) is 0 Å². The molecule has 0 radical (unpaired) electrons. The van der Waals surface area contributed by atoms with Crippen LogP contribution in [0.2, 0.25) is 0 Å². The zero-order chi connectivity index (χ0) is 14.1. The molecule has 0 amide bonds. The van der Waals surface area contributed by atoms with Crippen LogP contribution in [-0.4, -0.2) is 4.92 Å². The van der Waals surface area contributed by atoms with Gasteiger partial charge in [-0.05, 0) is 36.2 Å². The van der Waals surface area contributed by atoms with Crippen LogP contribution < -0.4 is 10.6 Å². The molecule has 0 saturated heterocycles. The molecule has 20 heavy (non-hydrogen) atoms. The fourth-order valence-corrected chi connectivity index (χ4v) is 2.51. The third-order valence-corrected chi connectivity index (χ3v) is 3.58. The third-order valence-electron chi connectivity index (χ3n) is 3.58. The lowest BCUT2D eigenvalue weighted by Gasteiger charge is -2.33. The topological polar surface area (TPSA) is 67.2 Å². The lowest BCUT2D eigenvalue weighted by molar-refractivity contribution is -0.384. The molecule has 0 bridgehead atoms. The van der Waals surface area contributed by atoms with Crippen molar-refractivity contribution in [2.24, 2.45) is 0 Å². The van der Waals surface area contributed by atoms with Crippen molar-refractivity contribution in [3.8, 4) is 0 Å². The predicted octanol–water partition coefficient (Wildman–Crippen LogP) is 3.37. The normalized spacial score (nSPS) is 20.9. The van der Waals surface area contributed by atoms with Gasteiger partial charge >= 0.3 is 0 Å². The van der Waals surface area contributed by atoms with Gasteiger partial charge in [0.2, 0.25) is 0 Å². The maximum absolute atomic E-state index is 10.7. The van der Waals surface area contributed by atoms with Crippen molar-refractivity contribution in [3.63, 3.8) is 0 Å². The smallest absolute Gasteiger partial charge is 0.269 e. The highest BCUT2D eigenvalue weighted by molar-refractivity contribution is 5.56. The van der Waals surface area contributed by atoms with E-state index in [0.29, 0.717) is 0 Å². The molecular weight excluding hydrogens is 254 g/mol. The van der Waals surface area contributed by atoms with Crippen LogP contribution in [0.1, 0.15) is 30.3 Å². The fourth-order valence-electron chi connectivity index (χ4n) is 2.51. The summed E-state index contributed by atoms with van der Waals surface area (Å²) in [6.45, 7) is 2.11. The lowest BCUT2D eigenvalue weighted by atomic mass is 10.0. The van der Waals surface area contributed by atoms with Gasteiger partial charge in [0.15, 0.2) is 0 Å². The number of benzene rings is 2. The summed E-state index contributed by atoms with van der Waals surface area (Å²) in [5, 5.41) is 17.5. The van der Waals surface area contributed by atoms with Gasteiger partial charge in [-0.1, -0.05) is 18.2 Å². The third kappa shape index (κ3) is 2.23. The molecule has 0 aliphatic carbocycles. The van der Waals surface area contributed by atoms with Crippen LogP contribution >= 0.6 is 0 Å². The highest BCUT2D eigenvalue weighted by Crippen LogP contribution is 2.32. The Morgan fingerprint density at radius 1 is 1.10 bits per heavy atom. The summed E-state index contributed by atoms with van der Waals surface area (Å²) in [4.78, 5) is 10.3. The van der Waals surface area contributed by atoms with E-state index in [0.717, 1.165) is 11.3 Å². The summed E-state index contributed by atoms with van der Waals surface area (Å²) in [6, 6.07) is 15.0. The Balaban J connectivity index is 1.88. The number of fused-ring (bicyclic) bond motifs is 1. The Bertz CT molecular complexity index is 640. The van der Waals surface area contributed by atoms with Crippen LogP contribution in [0, 0.1) is 10.1 Å². The molecule has 2 aromatic carbocycles. The van der Waals surface area contributed by atoms with Gasteiger partial charge < -0.3 is 5.32 Å². The van der Waals surface area contributed by atoms with E-state index in [1.54, 1.807) is 12.1 Å². The highest BCUT2D eigenvalue weighted by atomic mass is 16.6. The maximum Gasteiger partial charge on any atom is 0.269 e. The van der Waals surface area contributed by atoms with Crippen LogP contribution in [0.4, 0.5) is 11.4 Å². The molecule has 1 aliphatic rings. The number of nitrogens with one attached hydrogen (secondary N) is 2. The van der Waals surface area contributed by atoms with E-state index in [2.05, 4.69) is 23.6 Å². The van der Waals surface area contributed by atoms with Gasteiger partial charge in [-0.2, -0.15) is 0 Å². The number of non-ortho nitro benzene ring substituents is 1. The van der Waals surface area contributed by atoms with Gasteiger partial charge in [-0.3, -0.25) is 15.4 Å². The summed E-state index contributed by atoms with van der Waals surface area (Å²) < 4.78 is 0. The van der Waals surface area contributed by atoms with Crippen molar-refractivity contribution in [1.29, 1.82) is 0 Å². The minimum absolute atomic E-state index is 0.0410. The highest BCUT2D eigenvalue weighted by Gasteiger charge is 2.23. The summed E-state index contributed by atoms with van der Waals surface area (Å²) in [5.41, 5.74) is 3.42. The molecule has 0 aromatic heterocycles. The first-order valence-corrected chi connectivity index (χ1v) is 6.51. The minimum Gasteiger partial charge on any atom is -0.366 e. The fraction of sp³-hybridized carbons (Fsp3) is 0.200. The second-order valence-electron chi connectivity index (χ2n) is 4.90. The monoisotopic (exact) mass is 269 g/mol. The molecule has 0 fully saturated rings. The van der Waals surface area contributed by atoms with Crippen LogP contribution in [-0.2, 0) is 0 Å². The molecule has 2 N–H and O–H groups in total. The second kappa shape index (κ2) is 4.94. The number of para-hydroxylation sites is 1. The molecule has 0 unspecified atom stereocenters. The van der Waals surface area contributed by atoms with Gasteiger partial charge in [0.25, 0.3) is 5.69 Å². The first-order valence-electron chi connectivity index (χ1n) is 6.51. The summed E-state index contributed by atoms with van der Waals surface area (Å²) in [7, 11) is 0. The largest absolute Gasteiger partial charge is 0.366 e. The van der Waals surface area contributed by atoms with Crippen molar-refractivity contribution in [2.45, 2.75) is 19.1 Å². The van der Waals surface area contributed by atoms with Gasteiger partial charge in [0, 0.05) is 23.9 Å². The number of anilines is 1. The van der Waals surface area contributed by atoms with E-state index < -0.39 is 0 Å². The van der Waals surface area contributed by atoms with Crippen LogP contribution in [0.15, 0.2) is 48.5 Å². The molecule has 5 nitrogen and oxygen atoms in total. The molecule has 0 spiro atoms. The second-order valence-corrected chi connectivity index (χ2v) is 4.90. The molecular formula is C15H15N3O2. The van der Waals surface area contributed by atoms with Crippen LogP contribution in [0.3, 0.4) is 0 Å². The Kier molecular flexibility index (Phi) is 3.12. The number of nitro benzene ring substituents is 1. The SMILES string of the molecule is C[C@@H]1N[C@@H](c2ccc([N+](=O)[O-])cc2)Nc2ccccc21. The average Bonchev–Trinajstić information content (AvgIpc) is 2.47. The predicted molar refractivity (Wildman–Crippen MR) is 77.5 cm³/mol. The first kappa shape index (κ1) is 12.6. The standard InChI is InChI=1S/C15H15N3O2/c1-10-13-4-2-3-5-14(13)17-15(16-10)11-6-8-12(9-7-11)18(19)20/h2-10,15-17H,1H3/t10-,15+/m0/s1. The zero-order valence-electron chi connectivity index (χ0n) is 11.0. The molecule has 3 rings (SSSR count). The maximum atomic E-state index is 10.7. The Morgan fingerprint density at radius 3 is 2.50 bits per heavy atom. The minimum atomic E-state index is -0.385. The van der Waals surface area contributed by atoms with Gasteiger partial charge in [-0.25, -0.2) is 0 Å². The van der Waals surface area contributed by atoms with E-state index >= 15 is 0 Å². The van der Waals surface area contributed by atoms with E-state index in [-0.39, 0.29) is 22.8 Å². The molecule has 5 heteroatoms. The molecule has 2 atom stereocenters. The number of nitro groups is 1. The number of hydrogen-bond donors (Lipinski definition) is 2. The van der Waals surface area contributed by atoms with Gasteiger partial charge in [0.05, 0.1) is 4.92 Å². The Morgan fingerprint density at radius 2 is 1.80 bits per heavy atom. The zero-order valence-corrected chi connectivity index (χ0v) is 11.0. The molecule has 1 heterocycles. The van der Waals surface area contributed by atoms with Gasteiger partial charge in [-0.15, -0.1) is 0 Å². The summed E-state index contributed by atoms with van der Waals surface area (Å²) in [5.74, 6) is 0. The van der Waals surface area contributed by atoms with Crippen LogP contribution in [0.25, 0.3) is 0 Å². The number of nitrogens with zero attached hydrogens (tertiary/aromatic N) is 1. The Hall–Kier alpha value is -2.40. The van der Waals surface area contributed by atoms with E-state index in [1.807, 2.05) is 18.2 Å². The van der Waals surface area contributed by atoms with Crippen molar-refractivity contribution in [2.75, 3.05) is 5.32 Å². The van der Waals surface area contributed by atoms with Crippen molar-refractivity contribution in [3.05, 3.63) is 69.8 Å². The number of hydrogen-bond acceptors (Lipinski definition) is 4. The quantitative estimate of drug-likeness (QED) is 0.648. The molecule has 1 aliphatic heterocycles. The molecule has 102 valence electrons. The lowest BCUT2D eigenvalue weighted by Crippen LogP contribution is -2.35. The van der Waals surface area contributed by atoms with Crippen molar-refractivity contribution < 1.29 is 4.92 Å². The van der Waals surface area contributed by atoms with Crippen molar-refractivity contribution >= 4 is 11.4 Å². The molecule has 2 aromatic rings. The van der Waals surface area contributed by atoms with Gasteiger partial charge in [0.1, 0.15) is 6.17 Å². The average molecular weight is 269 g/mol. The summed E-state index contributed by atoms with van der Waals surface area (Å²) in [6.07, 6.45) is -0.0410. The van der Waals surface area contributed by atoms with Crippen LogP contribution in [0.5, 0.6) is 0 Å². The van der Waals surface area contributed by atoms with E-state index in [1.165, 1.54) is 17.7 Å².